The molecule has 1 aromatic heterocycles. The van der Waals surface area contributed by atoms with Crippen molar-refractivity contribution in [3.05, 3.63) is 53.3 Å². The Hall–Kier alpha value is -3.05. The third-order valence-corrected chi connectivity index (χ3v) is 5.60. The second-order valence-corrected chi connectivity index (χ2v) is 8.29. The normalized spacial score (nSPS) is 18.7. The highest BCUT2D eigenvalue weighted by Gasteiger charge is 2.34. The fourth-order valence-electron chi connectivity index (χ4n) is 3.69. The highest BCUT2D eigenvalue weighted by atomic mass is 35.5. The van der Waals surface area contributed by atoms with Crippen molar-refractivity contribution < 1.29 is 27.5 Å². The molecule has 2 unspecified atom stereocenters. The largest absolute Gasteiger partial charge is 0.495 e. The maximum absolute atomic E-state index is 12.6. The number of alkyl halides is 3. The van der Waals surface area contributed by atoms with Crippen molar-refractivity contribution >= 4 is 29.2 Å². The minimum Gasteiger partial charge on any atom is -0.495 e. The Balaban J connectivity index is 1.67. The zero-order chi connectivity index (χ0) is 24.7. The number of hydrogen-bond donors (Lipinski definition) is 3. The smallest absolute Gasteiger partial charge is 0.405 e. The summed E-state index contributed by atoms with van der Waals surface area (Å²) in [6.45, 7) is -0.826. The van der Waals surface area contributed by atoms with Gasteiger partial charge >= 0.3 is 12.2 Å². The van der Waals surface area contributed by atoms with Crippen LogP contribution in [0, 0.1) is 0 Å². The second-order valence-electron chi connectivity index (χ2n) is 7.86. The van der Waals surface area contributed by atoms with Crippen molar-refractivity contribution in [1.82, 2.24) is 20.5 Å². The number of piperidine rings is 1. The summed E-state index contributed by atoms with van der Waals surface area (Å²) in [4.78, 5) is 30.8. The van der Waals surface area contributed by atoms with Gasteiger partial charge in [-0.25, -0.2) is 4.79 Å². The van der Waals surface area contributed by atoms with Gasteiger partial charge in [-0.2, -0.15) is 13.2 Å². The highest BCUT2D eigenvalue weighted by molar-refractivity contribution is 6.30. The van der Waals surface area contributed by atoms with E-state index in [4.69, 9.17) is 16.3 Å². The second kappa shape index (κ2) is 11.4. The Morgan fingerprint density at radius 2 is 1.94 bits per heavy atom. The van der Waals surface area contributed by atoms with E-state index in [1.165, 1.54) is 7.11 Å². The van der Waals surface area contributed by atoms with Gasteiger partial charge in [-0.05, 0) is 42.8 Å². The van der Waals surface area contributed by atoms with Crippen LogP contribution in [0.4, 0.5) is 23.7 Å². The molecular weight excluding hydrogens is 475 g/mol. The molecule has 8 nitrogen and oxygen atoms in total. The van der Waals surface area contributed by atoms with E-state index in [-0.39, 0.29) is 18.5 Å². The Kier molecular flexibility index (Phi) is 8.56. The first kappa shape index (κ1) is 25.6. The summed E-state index contributed by atoms with van der Waals surface area (Å²) in [6, 6.07) is 9.43. The van der Waals surface area contributed by atoms with Gasteiger partial charge in [-0.3, -0.25) is 14.7 Å². The SMILES string of the molecule is COc1ccc(C2CN(CC(=O)NCC(F)(F)F)CCC2NC(=O)Nc2ccc(Cl)cc2)nc1. The lowest BCUT2D eigenvalue weighted by molar-refractivity contribution is -0.139. The van der Waals surface area contributed by atoms with Crippen LogP contribution in [0.15, 0.2) is 42.6 Å². The van der Waals surface area contributed by atoms with E-state index in [0.29, 0.717) is 41.7 Å². The number of benzene rings is 1. The van der Waals surface area contributed by atoms with Crippen molar-refractivity contribution in [2.24, 2.45) is 0 Å². The molecule has 34 heavy (non-hydrogen) atoms. The molecule has 1 aliphatic rings. The van der Waals surface area contributed by atoms with Crippen LogP contribution in [0.5, 0.6) is 5.75 Å². The molecule has 1 fully saturated rings. The van der Waals surface area contributed by atoms with Gasteiger partial charge in [0.05, 0.1) is 19.9 Å². The lowest BCUT2D eigenvalue weighted by Gasteiger charge is -2.38. The predicted molar refractivity (Wildman–Crippen MR) is 121 cm³/mol. The summed E-state index contributed by atoms with van der Waals surface area (Å²) in [5.41, 5.74) is 1.23. The van der Waals surface area contributed by atoms with Crippen molar-refractivity contribution in [2.45, 2.75) is 24.6 Å². The van der Waals surface area contributed by atoms with Gasteiger partial charge in [0.25, 0.3) is 0 Å². The standard InChI is InChI=1S/C22H25ClF3N5O3/c1-34-16-6-7-18(27-10-16)17-11-31(12-20(32)28-13-22(24,25)26)9-8-19(17)30-21(33)29-15-4-2-14(23)3-5-15/h2-7,10,17,19H,8-9,11-13H2,1H3,(H,28,32)(H2,29,30,33). The van der Waals surface area contributed by atoms with Crippen LogP contribution in [0.25, 0.3) is 0 Å². The highest BCUT2D eigenvalue weighted by Crippen LogP contribution is 2.27. The first-order valence-electron chi connectivity index (χ1n) is 10.5. The summed E-state index contributed by atoms with van der Waals surface area (Å²) in [6.07, 6.45) is -2.45. The fourth-order valence-corrected chi connectivity index (χ4v) is 3.82. The number of carbonyl (C=O) groups is 2. The number of likely N-dealkylation sites (tertiary alicyclic amines) is 1. The van der Waals surface area contributed by atoms with E-state index < -0.39 is 24.7 Å². The Labute approximate surface area is 199 Å². The molecule has 0 radical (unpaired) electrons. The number of nitrogens with zero attached hydrogens (tertiary/aromatic N) is 2. The Morgan fingerprint density at radius 1 is 1.21 bits per heavy atom. The minimum absolute atomic E-state index is 0.188. The average Bonchev–Trinajstić information content (AvgIpc) is 2.80. The van der Waals surface area contributed by atoms with Crippen LogP contribution in [0.2, 0.25) is 5.02 Å². The van der Waals surface area contributed by atoms with Crippen LogP contribution in [-0.4, -0.2) is 67.3 Å². The van der Waals surface area contributed by atoms with Gasteiger partial charge < -0.3 is 20.7 Å². The number of hydrogen-bond acceptors (Lipinski definition) is 5. The number of rotatable bonds is 7. The monoisotopic (exact) mass is 499 g/mol. The van der Waals surface area contributed by atoms with E-state index in [1.54, 1.807) is 47.5 Å². The fraction of sp³-hybridized carbons (Fsp3) is 0.409. The maximum atomic E-state index is 12.6. The molecule has 2 aromatic rings. The molecule has 3 N–H and O–H groups in total. The number of aromatic nitrogens is 1. The molecule has 0 saturated carbocycles. The number of amides is 3. The molecule has 2 atom stereocenters. The van der Waals surface area contributed by atoms with E-state index in [2.05, 4.69) is 15.6 Å². The van der Waals surface area contributed by atoms with Crippen molar-refractivity contribution in [1.29, 1.82) is 0 Å². The maximum Gasteiger partial charge on any atom is 0.405 e. The molecule has 1 aliphatic heterocycles. The zero-order valence-electron chi connectivity index (χ0n) is 18.4. The van der Waals surface area contributed by atoms with Crippen LogP contribution in [0.3, 0.4) is 0 Å². The molecule has 2 heterocycles. The summed E-state index contributed by atoms with van der Waals surface area (Å²) >= 11 is 5.87. The molecule has 12 heteroatoms. The van der Waals surface area contributed by atoms with Crippen LogP contribution in [-0.2, 0) is 4.79 Å². The molecule has 0 aliphatic carbocycles. The van der Waals surface area contributed by atoms with Crippen LogP contribution >= 0.6 is 11.6 Å². The van der Waals surface area contributed by atoms with Crippen molar-refractivity contribution in [3.8, 4) is 5.75 Å². The number of ether oxygens (including phenoxy) is 1. The van der Waals surface area contributed by atoms with Gasteiger partial charge in [0.15, 0.2) is 0 Å². The lowest BCUT2D eigenvalue weighted by atomic mass is 9.88. The first-order valence-corrected chi connectivity index (χ1v) is 10.9. The van der Waals surface area contributed by atoms with Gasteiger partial charge in [0, 0.05) is 41.5 Å². The number of methoxy groups -OCH3 is 1. The lowest BCUT2D eigenvalue weighted by Crippen LogP contribution is -2.52. The first-order chi connectivity index (χ1) is 16.1. The van der Waals surface area contributed by atoms with Crippen molar-refractivity contribution in [3.63, 3.8) is 0 Å². The molecule has 0 bridgehead atoms. The van der Waals surface area contributed by atoms with Gasteiger partial charge in [-0.15, -0.1) is 0 Å². The summed E-state index contributed by atoms with van der Waals surface area (Å²) < 4.78 is 42.3. The Bertz CT molecular complexity index is 973. The van der Waals surface area contributed by atoms with E-state index in [9.17, 15) is 22.8 Å². The van der Waals surface area contributed by atoms with E-state index >= 15 is 0 Å². The summed E-state index contributed by atoms with van der Waals surface area (Å²) in [5, 5.41) is 8.13. The van der Waals surface area contributed by atoms with Gasteiger partial charge in [0.2, 0.25) is 5.91 Å². The molecule has 184 valence electrons. The van der Waals surface area contributed by atoms with Crippen LogP contribution < -0.4 is 20.7 Å². The number of carbonyl (C=O) groups excluding carboxylic acids is 2. The predicted octanol–water partition coefficient (Wildman–Crippen LogP) is 3.40. The third-order valence-electron chi connectivity index (χ3n) is 5.34. The topological polar surface area (TPSA) is 95.6 Å². The third kappa shape index (κ3) is 7.77. The molecule has 1 aromatic carbocycles. The van der Waals surface area contributed by atoms with E-state index in [1.807, 2.05) is 5.32 Å². The number of pyridine rings is 1. The van der Waals surface area contributed by atoms with Crippen molar-refractivity contribution in [2.75, 3.05) is 38.6 Å². The Morgan fingerprint density at radius 3 is 2.56 bits per heavy atom. The summed E-state index contributed by atoms with van der Waals surface area (Å²) in [5.74, 6) is -0.454. The van der Waals surface area contributed by atoms with E-state index in [0.717, 1.165) is 0 Å². The summed E-state index contributed by atoms with van der Waals surface area (Å²) in [7, 11) is 1.52. The quantitative estimate of drug-likeness (QED) is 0.543. The molecule has 3 rings (SSSR count). The number of halogens is 4. The van der Waals surface area contributed by atoms with Crippen LogP contribution in [0.1, 0.15) is 18.0 Å². The molecule has 0 spiro atoms. The molecule has 1 saturated heterocycles. The zero-order valence-corrected chi connectivity index (χ0v) is 19.1. The van der Waals surface area contributed by atoms with Gasteiger partial charge in [-0.1, -0.05) is 11.6 Å². The van der Waals surface area contributed by atoms with Gasteiger partial charge in [0.1, 0.15) is 12.3 Å². The number of nitrogens with one attached hydrogen (secondary N) is 3. The average molecular weight is 500 g/mol. The molecule has 3 amide bonds. The number of anilines is 1. The molecular formula is C22H25ClF3N5O3. The minimum atomic E-state index is -4.47. The number of urea groups is 1.